The highest BCUT2D eigenvalue weighted by atomic mass is 32.2. The van der Waals surface area contributed by atoms with Crippen molar-refractivity contribution in [1.82, 2.24) is 9.21 Å². The van der Waals surface area contributed by atoms with Crippen LogP contribution in [0.25, 0.3) is 0 Å². The third kappa shape index (κ3) is 4.97. The van der Waals surface area contributed by atoms with Gasteiger partial charge in [-0.2, -0.15) is 4.31 Å². The van der Waals surface area contributed by atoms with Crippen molar-refractivity contribution in [3.63, 3.8) is 0 Å². The molecule has 1 atom stereocenters. The fourth-order valence-corrected chi connectivity index (χ4v) is 5.19. The molecule has 0 spiro atoms. The normalized spacial score (nSPS) is 17.7. The topological polar surface area (TPSA) is 66.9 Å². The first-order valence-electron chi connectivity index (χ1n) is 9.92. The largest absolute Gasteiger partial charge is 0.497 e. The van der Waals surface area contributed by atoms with Crippen LogP contribution in [-0.2, 0) is 21.4 Å². The van der Waals surface area contributed by atoms with E-state index in [0.717, 1.165) is 5.56 Å². The molecule has 6 nitrogen and oxygen atoms in total. The second kappa shape index (κ2) is 9.41. The summed E-state index contributed by atoms with van der Waals surface area (Å²) in [6.07, 6.45) is 1.38. The maximum Gasteiger partial charge on any atom is 0.243 e. The lowest BCUT2D eigenvalue weighted by molar-refractivity contribution is -0.137. The molecule has 1 fully saturated rings. The lowest BCUT2D eigenvalue weighted by atomic mass is 9.98. The van der Waals surface area contributed by atoms with E-state index in [1.807, 2.05) is 42.2 Å². The van der Waals surface area contributed by atoms with E-state index in [1.54, 1.807) is 31.4 Å². The van der Waals surface area contributed by atoms with Gasteiger partial charge in [0.2, 0.25) is 15.9 Å². The Morgan fingerprint density at radius 2 is 1.83 bits per heavy atom. The highest BCUT2D eigenvalue weighted by molar-refractivity contribution is 7.89. The zero-order valence-electron chi connectivity index (χ0n) is 17.0. The van der Waals surface area contributed by atoms with Crippen LogP contribution in [0, 0.1) is 5.92 Å². The number of hydrogen-bond acceptors (Lipinski definition) is 4. The second-order valence-corrected chi connectivity index (χ2v) is 9.15. The molecule has 156 valence electrons. The Hall–Kier alpha value is -2.38. The SMILES string of the molecule is CCN(Cc1ccccc1)C(=O)[C@H]1CCCN(S(=O)(=O)c2ccc(OC)cc2)C1. The summed E-state index contributed by atoms with van der Waals surface area (Å²) in [7, 11) is -2.10. The van der Waals surface area contributed by atoms with Crippen LogP contribution >= 0.6 is 0 Å². The van der Waals surface area contributed by atoms with Crippen LogP contribution in [0.5, 0.6) is 5.75 Å². The van der Waals surface area contributed by atoms with Gasteiger partial charge in [-0.05, 0) is 49.6 Å². The number of rotatable bonds is 7. The van der Waals surface area contributed by atoms with E-state index in [2.05, 4.69) is 0 Å². The van der Waals surface area contributed by atoms with E-state index in [-0.39, 0.29) is 23.3 Å². The molecule has 3 rings (SSSR count). The molecule has 1 aliphatic heterocycles. The van der Waals surface area contributed by atoms with Crippen molar-refractivity contribution in [2.24, 2.45) is 5.92 Å². The highest BCUT2D eigenvalue weighted by Gasteiger charge is 2.34. The second-order valence-electron chi connectivity index (χ2n) is 7.22. The average molecular weight is 417 g/mol. The Kier molecular flexibility index (Phi) is 6.92. The van der Waals surface area contributed by atoms with Gasteiger partial charge >= 0.3 is 0 Å². The molecule has 0 bridgehead atoms. The standard InChI is InChI=1S/C22H28N2O4S/c1-3-23(16-18-8-5-4-6-9-18)22(25)19-10-7-15-24(17-19)29(26,27)21-13-11-20(28-2)12-14-21/h4-6,8-9,11-14,19H,3,7,10,15-17H2,1-2H3/t19-/m0/s1. The van der Waals surface area contributed by atoms with Gasteiger partial charge in [-0.25, -0.2) is 8.42 Å². The summed E-state index contributed by atoms with van der Waals surface area (Å²) >= 11 is 0. The van der Waals surface area contributed by atoms with E-state index in [1.165, 1.54) is 4.31 Å². The zero-order chi connectivity index (χ0) is 20.9. The van der Waals surface area contributed by atoms with Crippen molar-refractivity contribution in [2.75, 3.05) is 26.7 Å². The van der Waals surface area contributed by atoms with Crippen molar-refractivity contribution >= 4 is 15.9 Å². The van der Waals surface area contributed by atoms with E-state index in [0.29, 0.717) is 38.2 Å². The molecule has 0 aliphatic carbocycles. The third-order valence-corrected chi connectivity index (χ3v) is 7.22. The number of benzene rings is 2. The molecule has 1 saturated heterocycles. The van der Waals surface area contributed by atoms with Crippen LogP contribution < -0.4 is 4.74 Å². The maximum atomic E-state index is 13.1. The Balaban J connectivity index is 1.72. The molecular formula is C22H28N2O4S. The molecule has 2 aromatic carbocycles. The first-order chi connectivity index (χ1) is 14.0. The van der Waals surface area contributed by atoms with Crippen LogP contribution in [-0.4, -0.2) is 50.3 Å². The molecule has 2 aromatic rings. The van der Waals surface area contributed by atoms with Crippen molar-refractivity contribution in [3.8, 4) is 5.75 Å². The number of sulfonamides is 1. The molecule has 0 N–H and O–H groups in total. The number of carbonyl (C=O) groups is 1. The fraction of sp³-hybridized carbons (Fsp3) is 0.409. The average Bonchev–Trinajstić information content (AvgIpc) is 2.77. The van der Waals surface area contributed by atoms with Crippen LogP contribution in [0.15, 0.2) is 59.5 Å². The predicted octanol–water partition coefficient (Wildman–Crippen LogP) is 3.14. The first-order valence-corrected chi connectivity index (χ1v) is 11.4. The minimum Gasteiger partial charge on any atom is -0.497 e. The van der Waals surface area contributed by atoms with Gasteiger partial charge in [0.15, 0.2) is 0 Å². The van der Waals surface area contributed by atoms with E-state index < -0.39 is 10.0 Å². The summed E-state index contributed by atoms with van der Waals surface area (Å²) in [6.45, 7) is 3.74. The van der Waals surface area contributed by atoms with Crippen molar-refractivity contribution in [3.05, 3.63) is 60.2 Å². The Morgan fingerprint density at radius 1 is 1.14 bits per heavy atom. The number of ether oxygens (including phenoxy) is 1. The number of nitrogens with zero attached hydrogens (tertiary/aromatic N) is 2. The maximum absolute atomic E-state index is 13.1. The Morgan fingerprint density at radius 3 is 2.45 bits per heavy atom. The lowest BCUT2D eigenvalue weighted by Crippen LogP contribution is -2.46. The summed E-state index contributed by atoms with van der Waals surface area (Å²) in [5.41, 5.74) is 1.07. The third-order valence-electron chi connectivity index (χ3n) is 5.34. The van der Waals surface area contributed by atoms with E-state index in [9.17, 15) is 13.2 Å². The number of methoxy groups -OCH3 is 1. The summed E-state index contributed by atoms with van der Waals surface area (Å²) in [5.74, 6) is 0.307. The molecule has 1 heterocycles. The lowest BCUT2D eigenvalue weighted by Gasteiger charge is -2.34. The predicted molar refractivity (Wildman–Crippen MR) is 112 cm³/mol. The summed E-state index contributed by atoms with van der Waals surface area (Å²) in [4.78, 5) is 15.1. The number of carbonyl (C=O) groups excluding carboxylic acids is 1. The first kappa shape index (κ1) is 21.3. The van der Waals surface area contributed by atoms with Gasteiger partial charge < -0.3 is 9.64 Å². The minimum atomic E-state index is -3.64. The van der Waals surface area contributed by atoms with Gasteiger partial charge in [-0.3, -0.25) is 4.79 Å². The Labute approximate surface area is 173 Å². The molecule has 0 saturated carbocycles. The van der Waals surface area contributed by atoms with Crippen LogP contribution in [0.3, 0.4) is 0 Å². The molecule has 0 radical (unpaired) electrons. The van der Waals surface area contributed by atoms with Gasteiger partial charge in [0.25, 0.3) is 0 Å². The van der Waals surface area contributed by atoms with Crippen molar-refractivity contribution < 1.29 is 17.9 Å². The molecule has 7 heteroatoms. The molecular weight excluding hydrogens is 388 g/mol. The number of piperidine rings is 1. The van der Waals surface area contributed by atoms with Crippen molar-refractivity contribution in [1.29, 1.82) is 0 Å². The smallest absolute Gasteiger partial charge is 0.243 e. The molecule has 1 aliphatic rings. The molecule has 29 heavy (non-hydrogen) atoms. The van der Waals surface area contributed by atoms with Gasteiger partial charge in [-0.1, -0.05) is 30.3 Å². The van der Waals surface area contributed by atoms with E-state index >= 15 is 0 Å². The summed E-state index contributed by atoms with van der Waals surface area (Å²) < 4.78 is 32.6. The molecule has 0 aromatic heterocycles. The van der Waals surface area contributed by atoms with Gasteiger partial charge in [0.05, 0.1) is 17.9 Å². The number of hydrogen-bond donors (Lipinski definition) is 0. The highest BCUT2D eigenvalue weighted by Crippen LogP contribution is 2.26. The van der Waals surface area contributed by atoms with Crippen LogP contribution in [0.4, 0.5) is 0 Å². The van der Waals surface area contributed by atoms with Crippen LogP contribution in [0.2, 0.25) is 0 Å². The molecule has 1 amide bonds. The van der Waals surface area contributed by atoms with Gasteiger partial charge in [0, 0.05) is 26.2 Å². The quantitative estimate of drug-likeness (QED) is 0.695. The van der Waals surface area contributed by atoms with E-state index in [4.69, 9.17) is 4.74 Å². The Bertz CT molecular complexity index is 914. The zero-order valence-corrected chi connectivity index (χ0v) is 17.8. The number of amides is 1. The minimum absolute atomic E-state index is 0.0194. The van der Waals surface area contributed by atoms with Gasteiger partial charge in [0.1, 0.15) is 5.75 Å². The van der Waals surface area contributed by atoms with Gasteiger partial charge in [-0.15, -0.1) is 0 Å². The molecule has 0 unspecified atom stereocenters. The fourth-order valence-electron chi connectivity index (χ4n) is 3.67. The monoisotopic (exact) mass is 416 g/mol. The van der Waals surface area contributed by atoms with Crippen LogP contribution in [0.1, 0.15) is 25.3 Å². The summed E-state index contributed by atoms with van der Waals surface area (Å²) in [5, 5.41) is 0. The summed E-state index contributed by atoms with van der Waals surface area (Å²) in [6, 6.07) is 16.2. The van der Waals surface area contributed by atoms with Crippen molar-refractivity contribution in [2.45, 2.75) is 31.2 Å².